The minimum Gasteiger partial charge on any atom is -0.503 e. The number of aryl methyl sites for hydroxylation is 2. The number of phenols is 1. The van der Waals surface area contributed by atoms with Crippen molar-refractivity contribution in [3.05, 3.63) is 57.6 Å². The molecule has 1 aliphatic heterocycles. The molecule has 0 aliphatic carbocycles. The highest BCUT2D eigenvalue weighted by molar-refractivity contribution is 6.39. The van der Waals surface area contributed by atoms with E-state index in [0.717, 1.165) is 10.5 Å². The van der Waals surface area contributed by atoms with Crippen LogP contribution in [0.2, 0.25) is 5.02 Å². The van der Waals surface area contributed by atoms with E-state index >= 15 is 0 Å². The number of methoxy groups -OCH3 is 1. The van der Waals surface area contributed by atoms with Crippen molar-refractivity contribution in [1.29, 1.82) is 0 Å². The first-order valence-electron chi connectivity index (χ1n) is 8.28. The molecule has 3 rings (SSSR count). The van der Waals surface area contributed by atoms with Gasteiger partial charge >= 0.3 is 6.03 Å². The topological polar surface area (TPSA) is 95.9 Å². The van der Waals surface area contributed by atoms with E-state index in [1.807, 2.05) is 13.0 Å². The second-order valence-electron chi connectivity index (χ2n) is 6.30. The molecule has 144 valence electrons. The van der Waals surface area contributed by atoms with Gasteiger partial charge in [0.1, 0.15) is 5.57 Å². The zero-order valence-electron chi connectivity index (χ0n) is 15.4. The number of aromatic hydroxyl groups is 1. The third kappa shape index (κ3) is 3.44. The second kappa shape index (κ2) is 7.36. The number of nitrogens with one attached hydrogen (secondary N) is 1. The van der Waals surface area contributed by atoms with Crippen molar-refractivity contribution in [2.45, 2.75) is 13.8 Å². The van der Waals surface area contributed by atoms with Crippen LogP contribution >= 0.6 is 11.6 Å². The molecule has 0 aromatic heterocycles. The van der Waals surface area contributed by atoms with Gasteiger partial charge in [0.05, 0.1) is 17.8 Å². The van der Waals surface area contributed by atoms with Crippen LogP contribution in [0, 0.1) is 13.8 Å². The summed E-state index contributed by atoms with van der Waals surface area (Å²) in [6.45, 7) is 3.60. The standard InChI is InChI=1S/C20H17ClN2O5/c1-10-4-5-11(2)15(6-10)23-19(26)13(18(25)22-20(23)27)7-12-8-14(21)17(24)16(9-12)28-3/h4-9,24H,1-3H3,(H,22,25,27). The number of halogens is 1. The summed E-state index contributed by atoms with van der Waals surface area (Å²) >= 11 is 5.96. The maximum absolute atomic E-state index is 13.0. The van der Waals surface area contributed by atoms with Gasteiger partial charge in [0.25, 0.3) is 11.8 Å². The molecule has 28 heavy (non-hydrogen) atoms. The molecule has 2 N–H and O–H groups in total. The molecule has 2 aromatic rings. The molecule has 1 heterocycles. The number of carbonyl (C=O) groups is 3. The van der Waals surface area contributed by atoms with Crippen LogP contribution in [0.25, 0.3) is 6.08 Å². The molecule has 1 saturated heterocycles. The normalized spacial score (nSPS) is 15.8. The number of hydrogen-bond acceptors (Lipinski definition) is 5. The van der Waals surface area contributed by atoms with E-state index in [4.69, 9.17) is 16.3 Å². The molecular formula is C20H17ClN2O5. The molecule has 1 aliphatic rings. The molecule has 4 amide bonds. The van der Waals surface area contributed by atoms with Crippen LogP contribution in [0.3, 0.4) is 0 Å². The number of benzene rings is 2. The summed E-state index contributed by atoms with van der Waals surface area (Å²) in [6.07, 6.45) is 1.29. The van der Waals surface area contributed by atoms with Crippen molar-refractivity contribution in [1.82, 2.24) is 5.32 Å². The lowest BCUT2D eigenvalue weighted by Gasteiger charge is -2.27. The number of phenolic OH excluding ortho intramolecular Hbond substituents is 1. The Morgan fingerprint density at radius 1 is 1.14 bits per heavy atom. The number of carbonyl (C=O) groups excluding carboxylic acids is 3. The summed E-state index contributed by atoms with van der Waals surface area (Å²) in [5.74, 6) is -1.74. The quantitative estimate of drug-likeness (QED) is 0.608. The maximum atomic E-state index is 13.0. The molecule has 0 spiro atoms. The summed E-state index contributed by atoms with van der Waals surface area (Å²) in [6, 6.07) is 7.33. The number of anilines is 1. The molecule has 7 nitrogen and oxygen atoms in total. The fraction of sp³-hybridized carbons (Fsp3) is 0.150. The van der Waals surface area contributed by atoms with Gasteiger partial charge in [-0.3, -0.25) is 14.9 Å². The summed E-state index contributed by atoms with van der Waals surface area (Å²) in [4.78, 5) is 38.6. The third-order valence-corrected chi connectivity index (χ3v) is 4.58. The Morgan fingerprint density at radius 3 is 2.54 bits per heavy atom. The molecule has 0 unspecified atom stereocenters. The van der Waals surface area contributed by atoms with Gasteiger partial charge in [0.15, 0.2) is 11.5 Å². The number of barbiturate groups is 1. The van der Waals surface area contributed by atoms with E-state index in [9.17, 15) is 19.5 Å². The third-order valence-electron chi connectivity index (χ3n) is 4.29. The minimum atomic E-state index is -0.820. The SMILES string of the molecule is COc1cc(C=C2C(=O)NC(=O)N(c3cc(C)ccc3C)C2=O)cc(Cl)c1O. The van der Waals surface area contributed by atoms with Gasteiger partial charge in [-0.15, -0.1) is 0 Å². The molecule has 0 bridgehead atoms. The smallest absolute Gasteiger partial charge is 0.335 e. The van der Waals surface area contributed by atoms with Crippen LogP contribution in [-0.4, -0.2) is 30.1 Å². The molecule has 2 aromatic carbocycles. The monoisotopic (exact) mass is 400 g/mol. The van der Waals surface area contributed by atoms with Gasteiger partial charge in [-0.25, -0.2) is 9.69 Å². The Morgan fingerprint density at radius 2 is 1.86 bits per heavy atom. The van der Waals surface area contributed by atoms with E-state index in [-0.39, 0.29) is 22.1 Å². The average molecular weight is 401 g/mol. The van der Waals surface area contributed by atoms with Gasteiger partial charge in [-0.05, 0) is 54.8 Å². The van der Waals surface area contributed by atoms with Crippen LogP contribution in [-0.2, 0) is 9.59 Å². The number of nitrogens with zero attached hydrogens (tertiary/aromatic N) is 1. The van der Waals surface area contributed by atoms with E-state index in [1.54, 1.807) is 19.1 Å². The van der Waals surface area contributed by atoms with Gasteiger partial charge in [-0.1, -0.05) is 23.7 Å². The molecule has 0 radical (unpaired) electrons. The second-order valence-corrected chi connectivity index (χ2v) is 6.71. The number of amides is 4. The van der Waals surface area contributed by atoms with Gasteiger partial charge in [-0.2, -0.15) is 0 Å². The lowest BCUT2D eigenvalue weighted by atomic mass is 10.0. The summed E-state index contributed by atoms with van der Waals surface area (Å²) in [5, 5.41) is 12.0. The predicted molar refractivity (Wildman–Crippen MR) is 105 cm³/mol. The largest absolute Gasteiger partial charge is 0.503 e. The van der Waals surface area contributed by atoms with Crippen LogP contribution < -0.4 is 15.0 Å². The van der Waals surface area contributed by atoms with Crippen LogP contribution in [0.1, 0.15) is 16.7 Å². The summed E-state index contributed by atoms with van der Waals surface area (Å²) in [7, 11) is 1.35. The highest BCUT2D eigenvalue weighted by Gasteiger charge is 2.37. The van der Waals surface area contributed by atoms with Crippen LogP contribution in [0.4, 0.5) is 10.5 Å². The van der Waals surface area contributed by atoms with Crippen LogP contribution in [0.15, 0.2) is 35.9 Å². The Balaban J connectivity index is 2.09. The molecule has 1 fully saturated rings. The van der Waals surface area contributed by atoms with Crippen molar-refractivity contribution in [2.24, 2.45) is 0 Å². The van der Waals surface area contributed by atoms with E-state index < -0.39 is 17.8 Å². The van der Waals surface area contributed by atoms with Crippen molar-refractivity contribution >= 4 is 41.2 Å². The number of urea groups is 1. The van der Waals surface area contributed by atoms with Gasteiger partial charge in [0, 0.05) is 0 Å². The Hall–Kier alpha value is -3.32. The van der Waals surface area contributed by atoms with Crippen molar-refractivity contribution in [2.75, 3.05) is 12.0 Å². The van der Waals surface area contributed by atoms with Crippen molar-refractivity contribution in [3.63, 3.8) is 0 Å². The Labute approximate surface area is 166 Å². The molecule has 0 atom stereocenters. The zero-order valence-corrected chi connectivity index (χ0v) is 16.1. The fourth-order valence-corrected chi connectivity index (χ4v) is 3.06. The maximum Gasteiger partial charge on any atom is 0.335 e. The molecule has 0 saturated carbocycles. The molecule has 8 heteroatoms. The lowest BCUT2D eigenvalue weighted by molar-refractivity contribution is -0.122. The molecular weight excluding hydrogens is 384 g/mol. The number of imide groups is 2. The fourth-order valence-electron chi connectivity index (χ4n) is 2.84. The Kier molecular flexibility index (Phi) is 5.11. The zero-order chi connectivity index (χ0) is 20.6. The van der Waals surface area contributed by atoms with Crippen molar-refractivity contribution < 1.29 is 24.2 Å². The number of rotatable bonds is 3. The predicted octanol–water partition coefficient (Wildman–Crippen LogP) is 3.34. The van der Waals surface area contributed by atoms with Gasteiger partial charge in [0.2, 0.25) is 0 Å². The average Bonchev–Trinajstić information content (AvgIpc) is 2.64. The first-order chi connectivity index (χ1) is 13.2. The summed E-state index contributed by atoms with van der Waals surface area (Å²) in [5.41, 5.74) is 2.07. The lowest BCUT2D eigenvalue weighted by Crippen LogP contribution is -2.54. The van der Waals surface area contributed by atoms with E-state index in [1.165, 1.54) is 25.3 Å². The van der Waals surface area contributed by atoms with Crippen LogP contribution in [0.5, 0.6) is 11.5 Å². The van der Waals surface area contributed by atoms with E-state index in [0.29, 0.717) is 16.8 Å². The first kappa shape index (κ1) is 19.4. The highest BCUT2D eigenvalue weighted by atomic mass is 35.5. The number of ether oxygens (including phenoxy) is 1. The first-order valence-corrected chi connectivity index (χ1v) is 8.66. The summed E-state index contributed by atoms with van der Waals surface area (Å²) < 4.78 is 5.03. The Bertz CT molecular complexity index is 1050. The van der Waals surface area contributed by atoms with E-state index in [2.05, 4.69) is 5.32 Å². The van der Waals surface area contributed by atoms with Gasteiger partial charge < -0.3 is 9.84 Å². The van der Waals surface area contributed by atoms with Crippen molar-refractivity contribution in [3.8, 4) is 11.5 Å². The highest BCUT2D eigenvalue weighted by Crippen LogP contribution is 2.36. The number of hydrogen-bond donors (Lipinski definition) is 2. The minimum absolute atomic E-state index is 0.00247.